The highest BCUT2D eigenvalue weighted by Gasteiger charge is 2.24. The topological polar surface area (TPSA) is 58.4 Å². The molecule has 1 fully saturated rings. The van der Waals surface area contributed by atoms with E-state index in [0.717, 1.165) is 36.5 Å². The van der Waals surface area contributed by atoms with Crippen molar-refractivity contribution in [2.75, 3.05) is 26.2 Å². The summed E-state index contributed by atoms with van der Waals surface area (Å²) in [5, 5.41) is 3.70. The van der Waals surface area contributed by atoms with Crippen LogP contribution in [0.4, 0.5) is 0 Å². The molecule has 1 aliphatic heterocycles. The molecule has 1 aromatic rings. The number of likely N-dealkylation sites (tertiary alicyclic amines) is 1. The molecule has 2 unspecified atom stereocenters. The number of nitrogens with zero attached hydrogens (tertiary/aromatic N) is 1. The van der Waals surface area contributed by atoms with Crippen LogP contribution in [0.3, 0.4) is 0 Å². The Kier molecular flexibility index (Phi) is 6.03. The van der Waals surface area contributed by atoms with E-state index in [1.807, 2.05) is 24.3 Å². The third-order valence-corrected chi connectivity index (χ3v) is 4.28. The van der Waals surface area contributed by atoms with Crippen LogP contribution in [0.5, 0.6) is 0 Å². The Morgan fingerprint density at radius 1 is 1.52 bits per heavy atom. The minimum atomic E-state index is 0.0831. The van der Waals surface area contributed by atoms with Crippen molar-refractivity contribution >= 4 is 17.5 Å². The Bertz CT molecular complexity index is 480. The van der Waals surface area contributed by atoms with Gasteiger partial charge in [-0.15, -0.1) is 0 Å². The molecule has 0 aromatic heterocycles. The molecule has 1 amide bonds. The average molecular weight is 310 g/mol. The summed E-state index contributed by atoms with van der Waals surface area (Å²) in [5.74, 6) is 0.540. The minimum Gasteiger partial charge on any atom is -0.355 e. The summed E-state index contributed by atoms with van der Waals surface area (Å²) < 4.78 is 0. The van der Waals surface area contributed by atoms with Gasteiger partial charge < -0.3 is 11.1 Å². The number of carbonyl (C=O) groups is 1. The van der Waals surface area contributed by atoms with Gasteiger partial charge in [-0.1, -0.05) is 30.7 Å². The molecule has 21 heavy (non-hydrogen) atoms. The molecule has 2 rings (SSSR count). The smallest absolute Gasteiger partial charge is 0.234 e. The lowest BCUT2D eigenvalue weighted by atomic mass is 9.95. The van der Waals surface area contributed by atoms with Crippen molar-refractivity contribution in [2.24, 2.45) is 11.7 Å². The molecule has 1 aromatic carbocycles. The van der Waals surface area contributed by atoms with Gasteiger partial charge in [-0.2, -0.15) is 0 Å². The Morgan fingerprint density at radius 2 is 2.33 bits per heavy atom. The summed E-state index contributed by atoms with van der Waals surface area (Å²) in [6, 6.07) is 8.00. The molecular weight excluding hydrogens is 286 g/mol. The molecule has 5 heteroatoms. The maximum atomic E-state index is 11.9. The van der Waals surface area contributed by atoms with Gasteiger partial charge in [0.1, 0.15) is 0 Å². The fourth-order valence-corrected chi connectivity index (χ4v) is 2.90. The first-order chi connectivity index (χ1) is 10.0. The predicted molar refractivity (Wildman–Crippen MR) is 86.4 cm³/mol. The number of benzene rings is 1. The van der Waals surface area contributed by atoms with Crippen molar-refractivity contribution < 1.29 is 4.79 Å². The van der Waals surface area contributed by atoms with Crippen LogP contribution in [0.15, 0.2) is 24.3 Å². The molecule has 4 nitrogen and oxygen atoms in total. The Morgan fingerprint density at radius 3 is 3.05 bits per heavy atom. The van der Waals surface area contributed by atoms with E-state index >= 15 is 0 Å². The number of hydrogen-bond acceptors (Lipinski definition) is 3. The zero-order valence-electron chi connectivity index (χ0n) is 12.5. The van der Waals surface area contributed by atoms with Gasteiger partial charge in [0, 0.05) is 30.7 Å². The Balaban J connectivity index is 1.68. The van der Waals surface area contributed by atoms with Crippen molar-refractivity contribution in [1.82, 2.24) is 10.2 Å². The zero-order valence-corrected chi connectivity index (χ0v) is 13.3. The summed E-state index contributed by atoms with van der Waals surface area (Å²) in [6.07, 6.45) is 1.77. The molecule has 0 spiro atoms. The normalized spacial score (nSPS) is 23.0. The SMILES string of the molecule is CC1CN(CC(=O)NCCc2cccc(Cl)c2)CCC1N. The summed E-state index contributed by atoms with van der Waals surface area (Å²) in [4.78, 5) is 14.1. The summed E-state index contributed by atoms with van der Waals surface area (Å²) in [6.45, 7) is 5.07. The lowest BCUT2D eigenvalue weighted by molar-refractivity contribution is -0.122. The second-order valence-corrected chi connectivity index (χ2v) is 6.33. The largest absolute Gasteiger partial charge is 0.355 e. The van der Waals surface area contributed by atoms with Gasteiger partial charge in [0.05, 0.1) is 6.54 Å². The van der Waals surface area contributed by atoms with Crippen molar-refractivity contribution in [3.8, 4) is 0 Å². The molecule has 1 saturated heterocycles. The Hall–Kier alpha value is -1.10. The average Bonchev–Trinajstić information content (AvgIpc) is 2.43. The first kappa shape index (κ1) is 16.3. The number of nitrogens with one attached hydrogen (secondary N) is 1. The number of piperidine rings is 1. The molecule has 0 bridgehead atoms. The van der Waals surface area contributed by atoms with Crippen LogP contribution in [0.2, 0.25) is 5.02 Å². The van der Waals surface area contributed by atoms with E-state index < -0.39 is 0 Å². The van der Waals surface area contributed by atoms with Gasteiger partial charge in [0.15, 0.2) is 0 Å². The predicted octanol–water partition coefficient (Wildman–Crippen LogP) is 1.67. The van der Waals surface area contributed by atoms with E-state index in [1.54, 1.807) is 0 Å². The maximum absolute atomic E-state index is 11.9. The number of amides is 1. The van der Waals surface area contributed by atoms with Crippen LogP contribution in [0.25, 0.3) is 0 Å². The van der Waals surface area contributed by atoms with E-state index in [2.05, 4.69) is 17.1 Å². The molecule has 0 saturated carbocycles. The number of nitrogens with two attached hydrogens (primary N) is 1. The van der Waals surface area contributed by atoms with Gasteiger partial charge in [-0.25, -0.2) is 0 Å². The fourth-order valence-electron chi connectivity index (χ4n) is 2.69. The third kappa shape index (κ3) is 5.30. The molecule has 1 heterocycles. The molecule has 116 valence electrons. The van der Waals surface area contributed by atoms with E-state index in [-0.39, 0.29) is 11.9 Å². The molecule has 0 aliphatic carbocycles. The van der Waals surface area contributed by atoms with E-state index in [4.69, 9.17) is 17.3 Å². The van der Waals surface area contributed by atoms with E-state index in [0.29, 0.717) is 19.0 Å². The Labute approximate surface area is 131 Å². The highest BCUT2D eigenvalue weighted by molar-refractivity contribution is 6.30. The monoisotopic (exact) mass is 309 g/mol. The number of halogens is 1. The first-order valence-corrected chi connectivity index (χ1v) is 7.91. The number of hydrogen-bond donors (Lipinski definition) is 2. The fraction of sp³-hybridized carbons (Fsp3) is 0.562. The van der Waals surface area contributed by atoms with Crippen molar-refractivity contribution in [1.29, 1.82) is 0 Å². The third-order valence-electron chi connectivity index (χ3n) is 4.05. The highest BCUT2D eigenvalue weighted by Crippen LogP contribution is 2.14. The van der Waals surface area contributed by atoms with E-state index in [9.17, 15) is 4.79 Å². The molecule has 3 N–H and O–H groups in total. The summed E-state index contributed by atoms with van der Waals surface area (Å²) >= 11 is 5.94. The summed E-state index contributed by atoms with van der Waals surface area (Å²) in [5.41, 5.74) is 7.13. The van der Waals surface area contributed by atoms with Crippen LogP contribution < -0.4 is 11.1 Å². The highest BCUT2D eigenvalue weighted by atomic mass is 35.5. The second-order valence-electron chi connectivity index (χ2n) is 5.89. The molecule has 0 radical (unpaired) electrons. The van der Waals surface area contributed by atoms with Crippen LogP contribution in [0, 0.1) is 5.92 Å². The van der Waals surface area contributed by atoms with Crippen molar-refractivity contribution in [2.45, 2.75) is 25.8 Å². The summed E-state index contributed by atoms with van der Waals surface area (Å²) in [7, 11) is 0. The minimum absolute atomic E-state index is 0.0831. The van der Waals surface area contributed by atoms with Crippen LogP contribution >= 0.6 is 11.6 Å². The number of rotatable bonds is 5. The molecule has 1 aliphatic rings. The number of carbonyl (C=O) groups excluding carboxylic acids is 1. The van der Waals surface area contributed by atoms with Gasteiger partial charge in [0.25, 0.3) is 0 Å². The quantitative estimate of drug-likeness (QED) is 0.870. The van der Waals surface area contributed by atoms with Crippen molar-refractivity contribution in [3.63, 3.8) is 0 Å². The van der Waals surface area contributed by atoms with Crippen molar-refractivity contribution in [3.05, 3.63) is 34.9 Å². The van der Waals surface area contributed by atoms with Crippen LogP contribution in [-0.4, -0.2) is 43.0 Å². The van der Waals surface area contributed by atoms with Gasteiger partial charge in [0.2, 0.25) is 5.91 Å². The standard InChI is InChI=1S/C16H24ClN3O/c1-12-10-20(8-6-15(12)18)11-16(21)19-7-5-13-3-2-4-14(17)9-13/h2-4,9,12,15H,5-8,10-11,18H2,1H3,(H,19,21). The lowest BCUT2D eigenvalue weighted by Gasteiger charge is -2.34. The van der Waals surface area contributed by atoms with Crippen LogP contribution in [-0.2, 0) is 11.2 Å². The van der Waals surface area contributed by atoms with E-state index in [1.165, 1.54) is 0 Å². The zero-order chi connectivity index (χ0) is 15.2. The van der Waals surface area contributed by atoms with Gasteiger partial charge >= 0.3 is 0 Å². The second kappa shape index (κ2) is 7.78. The van der Waals surface area contributed by atoms with Gasteiger partial charge in [-0.3, -0.25) is 9.69 Å². The molecular formula is C16H24ClN3O. The van der Waals surface area contributed by atoms with Gasteiger partial charge in [-0.05, 0) is 36.5 Å². The molecule has 2 atom stereocenters. The lowest BCUT2D eigenvalue weighted by Crippen LogP contribution is -2.49. The van der Waals surface area contributed by atoms with Crippen LogP contribution in [0.1, 0.15) is 18.9 Å². The first-order valence-electron chi connectivity index (χ1n) is 7.53. The maximum Gasteiger partial charge on any atom is 0.234 e.